The minimum Gasteiger partial charge on any atom is -0.368 e. The first-order valence-corrected chi connectivity index (χ1v) is 8.29. The molecule has 0 radical (unpaired) electrons. The van der Waals surface area contributed by atoms with Crippen molar-refractivity contribution in [1.29, 1.82) is 5.26 Å². The Morgan fingerprint density at radius 1 is 1.36 bits per heavy atom. The zero-order chi connectivity index (χ0) is 17.8. The fraction of sp³-hybridized carbons (Fsp3) is 0.389. The minimum atomic E-state index is -0.475. The predicted molar refractivity (Wildman–Crippen MR) is 96.3 cm³/mol. The number of hydrogen-bond acceptors (Lipinski definition) is 6. The van der Waals surface area contributed by atoms with Crippen molar-refractivity contribution < 1.29 is 4.39 Å². The zero-order valence-corrected chi connectivity index (χ0v) is 14.4. The molecule has 2 aromatic rings. The van der Waals surface area contributed by atoms with Gasteiger partial charge in [0, 0.05) is 39.4 Å². The number of anilines is 3. The lowest BCUT2D eigenvalue weighted by Crippen LogP contribution is -2.42. The first-order chi connectivity index (χ1) is 12.1. The van der Waals surface area contributed by atoms with Crippen molar-refractivity contribution in [1.82, 2.24) is 9.97 Å². The summed E-state index contributed by atoms with van der Waals surface area (Å²) in [6.07, 6.45) is 3.65. The SMILES string of the molecule is CN(C)c1ccnc(NC2CCCN(c3cccc(F)c3C#N)C2)n1. The lowest BCUT2D eigenvalue weighted by molar-refractivity contribution is 0.525. The highest BCUT2D eigenvalue weighted by atomic mass is 19.1. The Hall–Kier alpha value is -2.88. The Labute approximate surface area is 146 Å². The van der Waals surface area contributed by atoms with E-state index in [0.717, 1.165) is 25.2 Å². The van der Waals surface area contributed by atoms with Gasteiger partial charge in [-0.2, -0.15) is 10.2 Å². The number of halogens is 1. The maximum Gasteiger partial charge on any atom is 0.224 e. The van der Waals surface area contributed by atoms with Gasteiger partial charge in [-0.05, 0) is 31.0 Å². The smallest absolute Gasteiger partial charge is 0.224 e. The highest BCUT2D eigenvalue weighted by Gasteiger charge is 2.23. The van der Waals surface area contributed by atoms with Gasteiger partial charge < -0.3 is 15.1 Å². The average molecular weight is 340 g/mol. The third-order valence-corrected chi connectivity index (χ3v) is 4.30. The topological polar surface area (TPSA) is 68.1 Å². The van der Waals surface area contributed by atoms with E-state index in [-0.39, 0.29) is 11.6 Å². The van der Waals surface area contributed by atoms with Crippen LogP contribution in [0.15, 0.2) is 30.5 Å². The van der Waals surface area contributed by atoms with Crippen molar-refractivity contribution in [3.05, 3.63) is 41.8 Å². The van der Waals surface area contributed by atoms with Crippen LogP contribution >= 0.6 is 0 Å². The van der Waals surface area contributed by atoms with Crippen molar-refractivity contribution in [2.75, 3.05) is 42.3 Å². The fourth-order valence-electron chi connectivity index (χ4n) is 3.05. The van der Waals surface area contributed by atoms with Crippen LogP contribution < -0.4 is 15.1 Å². The van der Waals surface area contributed by atoms with Crippen molar-refractivity contribution in [2.24, 2.45) is 0 Å². The molecule has 0 spiro atoms. The van der Waals surface area contributed by atoms with Crippen LogP contribution in [-0.4, -0.2) is 43.2 Å². The third kappa shape index (κ3) is 3.79. The molecule has 0 saturated carbocycles. The summed E-state index contributed by atoms with van der Waals surface area (Å²) < 4.78 is 13.9. The van der Waals surface area contributed by atoms with Gasteiger partial charge in [-0.25, -0.2) is 9.37 Å². The number of nitrogens with one attached hydrogen (secondary N) is 1. The van der Waals surface area contributed by atoms with Gasteiger partial charge in [0.05, 0.1) is 5.69 Å². The monoisotopic (exact) mass is 340 g/mol. The Balaban J connectivity index is 1.75. The molecule has 0 amide bonds. The summed E-state index contributed by atoms with van der Waals surface area (Å²) in [5, 5.41) is 12.6. The van der Waals surface area contributed by atoms with E-state index in [1.54, 1.807) is 18.3 Å². The van der Waals surface area contributed by atoms with E-state index in [4.69, 9.17) is 0 Å². The molecule has 0 aliphatic carbocycles. The van der Waals surface area contributed by atoms with Gasteiger partial charge >= 0.3 is 0 Å². The number of nitrogens with zero attached hydrogens (tertiary/aromatic N) is 5. The molecule has 1 aromatic heterocycles. The van der Waals surface area contributed by atoms with Crippen LogP contribution in [0.2, 0.25) is 0 Å². The summed E-state index contributed by atoms with van der Waals surface area (Å²) >= 11 is 0. The number of benzene rings is 1. The zero-order valence-electron chi connectivity index (χ0n) is 14.4. The van der Waals surface area contributed by atoms with Crippen molar-refractivity contribution in [3.8, 4) is 6.07 Å². The van der Waals surface area contributed by atoms with Crippen LogP contribution in [0.4, 0.5) is 21.8 Å². The van der Waals surface area contributed by atoms with Crippen molar-refractivity contribution in [2.45, 2.75) is 18.9 Å². The molecule has 1 aliphatic heterocycles. The fourth-order valence-corrected chi connectivity index (χ4v) is 3.05. The molecule has 130 valence electrons. The molecule has 0 bridgehead atoms. The standard InChI is InChI=1S/C18H21FN6/c1-24(2)17-8-9-21-18(23-17)22-13-5-4-10-25(12-13)16-7-3-6-15(19)14(16)11-20/h3,6-9,13H,4-5,10,12H2,1-2H3,(H,21,22,23). The molecule has 6 nitrogen and oxygen atoms in total. The highest BCUT2D eigenvalue weighted by molar-refractivity contribution is 5.60. The molecular formula is C18H21FN6. The lowest BCUT2D eigenvalue weighted by atomic mass is 10.0. The van der Waals surface area contributed by atoms with Crippen LogP contribution in [0.25, 0.3) is 0 Å². The highest BCUT2D eigenvalue weighted by Crippen LogP contribution is 2.26. The predicted octanol–water partition coefficient (Wildman–Crippen LogP) is 2.63. The van der Waals surface area contributed by atoms with Gasteiger partial charge in [-0.15, -0.1) is 0 Å². The van der Waals surface area contributed by atoms with Crippen LogP contribution in [0.3, 0.4) is 0 Å². The van der Waals surface area contributed by atoms with Crippen LogP contribution in [0.5, 0.6) is 0 Å². The maximum absolute atomic E-state index is 13.9. The molecule has 1 saturated heterocycles. The van der Waals surface area contributed by atoms with Crippen LogP contribution in [-0.2, 0) is 0 Å². The second-order valence-corrected chi connectivity index (χ2v) is 6.31. The molecule has 1 atom stereocenters. The summed E-state index contributed by atoms with van der Waals surface area (Å²) in [4.78, 5) is 12.7. The molecular weight excluding hydrogens is 319 g/mol. The van der Waals surface area contributed by atoms with Crippen LogP contribution in [0.1, 0.15) is 18.4 Å². The summed E-state index contributed by atoms with van der Waals surface area (Å²) in [5.74, 6) is 0.942. The third-order valence-electron chi connectivity index (χ3n) is 4.30. The van der Waals surface area contributed by atoms with Gasteiger partial charge in [-0.3, -0.25) is 0 Å². The van der Waals surface area contributed by atoms with E-state index in [0.29, 0.717) is 18.2 Å². The molecule has 25 heavy (non-hydrogen) atoms. The Bertz CT molecular complexity index is 785. The molecule has 1 N–H and O–H groups in total. The van der Waals surface area contributed by atoms with Crippen LogP contribution in [0, 0.1) is 17.1 Å². The summed E-state index contributed by atoms with van der Waals surface area (Å²) in [5.41, 5.74) is 0.756. The second kappa shape index (κ2) is 7.34. The van der Waals surface area contributed by atoms with E-state index in [9.17, 15) is 9.65 Å². The summed E-state index contributed by atoms with van der Waals surface area (Å²) in [7, 11) is 3.86. The summed E-state index contributed by atoms with van der Waals surface area (Å²) in [6, 6.07) is 8.74. The Morgan fingerprint density at radius 2 is 2.20 bits per heavy atom. The van der Waals surface area contributed by atoms with E-state index >= 15 is 0 Å². The molecule has 1 fully saturated rings. The Morgan fingerprint density at radius 3 is 2.96 bits per heavy atom. The second-order valence-electron chi connectivity index (χ2n) is 6.31. The van der Waals surface area contributed by atoms with Gasteiger partial charge in [-0.1, -0.05) is 6.07 Å². The normalized spacial score (nSPS) is 17.0. The summed E-state index contributed by atoms with van der Waals surface area (Å²) in [6.45, 7) is 1.47. The molecule has 1 aromatic carbocycles. The number of hydrogen-bond donors (Lipinski definition) is 1. The van der Waals surface area contributed by atoms with E-state index in [2.05, 4.69) is 20.2 Å². The quantitative estimate of drug-likeness (QED) is 0.923. The number of piperidine rings is 1. The number of aromatic nitrogens is 2. The molecule has 1 unspecified atom stereocenters. The molecule has 2 heterocycles. The van der Waals surface area contributed by atoms with Gasteiger partial charge in [0.2, 0.25) is 5.95 Å². The lowest BCUT2D eigenvalue weighted by Gasteiger charge is -2.35. The van der Waals surface area contributed by atoms with E-state index in [1.807, 2.05) is 31.1 Å². The van der Waals surface area contributed by atoms with Crippen molar-refractivity contribution in [3.63, 3.8) is 0 Å². The largest absolute Gasteiger partial charge is 0.368 e. The van der Waals surface area contributed by atoms with Gasteiger partial charge in [0.15, 0.2) is 0 Å². The maximum atomic E-state index is 13.9. The molecule has 3 rings (SSSR count). The molecule has 7 heteroatoms. The first-order valence-electron chi connectivity index (χ1n) is 8.29. The van der Waals surface area contributed by atoms with Gasteiger partial charge in [0.25, 0.3) is 0 Å². The van der Waals surface area contributed by atoms with Crippen molar-refractivity contribution >= 4 is 17.5 Å². The number of rotatable bonds is 4. The van der Waals surface area contributed by atoms with E-state index in [1.165, 1.54) is 6.07 Å². The minimum absolute atomic E-state index is 0.106. The Kier molecular flexibility index (Phi) is 4.98. The number of nitriles is 1. The molecule has 1 aliphatic rings. The van der Waals surface area contributed by atoms with E-state index < -0.39 is 5.82 Å². The average Bonchev–Trinajstić information content (AvgIpc) is 2.62. The van der Waals surface area contributed by atoms with Gasteiger partial charge in [0.1, 0.15) is 23.3 Å². The first kappa shape index (κ1) is 17.0.